The summed E-state index contributed by atoms with van der Waals surface area (Å²) < 4.78 is 12.2. The normalized spacial score (nSPS) is 12.2. The maximum absolute atomic E-state index is 6.12. The summed E-state index contributed by atoms with van der Waals surface area (Å²) in [6.07, 6.45) is 2.31. The van der Waals surface area contributed by atoms with E-state index in [-0.39, 0.29) is 5.41 Å². The summed E-state index contributed by atoms with van der Waals surface area (Å²) in [7, 11) is 0. The highest BCUT2D eigenvalue weighted by molar-refractivity contribution is 6.10. The lowest BCUT2D eigenvalue weighted by Gasteiger charge is -2.25. The van der Waals surface area contributed by atoms with Crippen molar-refractivity contribution in [1.82, 2.24) is 0 Å². The third-order valence-electron chi connectivity index (χ3n) is 15.3. The van der Waals surface area contributed by atoms with Crippen LogP contribution < -0.4 is 0 Å². The number of aryl methyl sites for hydroxylation is 3. The number of furan rings is 2. The van der Waals surface area contributed by atoms with E-state index in [2.05, 4.69) is 259 Å². The Labute approximate surface area is 446 Å². The van der Waals surface area contributed by atoms with Crippen molar-refractivity contribution in [3.05, 3.63) is 277 Å². The van der Waals surface area contributed by atoms with Gasteiger partial charge in [0.15, 0.2) is 0 Å². The fourth-order valence-electron chi connectivity index (χ4n) is 11.4. The van der Waals surface area contributed by atoms with E-state index >= 15 is 0 Å². The Morgan fingerprint density at radius 3 is 1.42 bits per heavy atom. The molecule has 14 rings (SSSR count). The second-order valence-electron chi connectivity index (χ2n) is 20.8. The molecule has 13 aromatic rings. The molecule has 11 aromatic carbocycles. The SMILES string of the molecule is CCCc1ccc(-c2cccc3c2oc2ccccc23)cc1.Cc1ccc(-c2ccc3c(c2)-c2cc(-c4ccccc4)cc(-c4ccccc4)c2C3(C)C)cc1.Cc1cccc(-c2cccc3c2oc2ccccc23)c1. The molecular weight excluding hydrogens is 921 g/mol. The summed E-state index contributed by atoms with van der Waals surface area (Å²) in [4.78, 5) is 0. The van der Waals surface area contributed by atoms with Crippen molar-refractivity contribution in [1.29, 1.82) is 0 Å². The summed E-state index contributed by atoms with van der Waals surface area (Å²) in [6, 6.07) is 88.8. The minimum atomic E-state index is -0.0726. The van der Waals surface area contributed by atoms with Gasteiger partial charge in [-0.1, -0.05) is 257 Å². The summed E-state index contributed by atoms with van der Waals surface area (Å²) in [5.41, 5.74) is 25.6. The van der Waals surface area contributed by atoms with Gasteiger partial charge in [0.05, 0.1) is 0 Å². The number of rotatable bonds is 7. The maximum atomic E-state index is 6.12. The number of para-hydroxylation sites is 4. The smallest absolute Gasteiger partial charge is 0.143 e. The minimum Gasteiger partial charge on any atom is -0.455 e. The average molecular weight is 981 g/mol. The van der Waals surface area contributed by atoms with Crippen molar-refractivity contribution in [2.24, 2.45) is 0 Å². The van der Waals surface area contributed by atoms with E-state index in [9.17, 15) is 0 Å². The Kier molecular flexibility index (Phi) is 12.9. The lowest BCUT2D eigenvalue weighted by molar-refractivity contribution is 0.662. The van der Waals surface area contributed by atoms with Gasteiger partial charge >= 0.3 is 0 Å². The van der Waals surface area contributed by atoms with Gasteiger partial charge < -0.3 is 8.83 Å². The van der Waals surface area contributed by atoms with Gasteiger partial charge in [0, 0.05) is 38.1 Å². The highest BCUT2D eigenvalue weighted by Gasteiger charge is 2.38. The molecule has 0 bridgehead atoms. The molecule has 0 fully saturated rings. The van der Waals surface area contributed by atoms with Gasteiger partial charge in [-0.25, -0.2) is 0 Å². The van der Waals surface area contributed by atoms with Crippen molar-refractivity contribution < 1.29 is 8.83 Å². The van der Waals surface area contributed by atoms with Crippen LogP contribution in [0.1, 0.15) is 55.0 Å². The molecule has 0 aliphatic heterocycles. The van der Waals surface area contributed by atoms with Gasteiger partial charge in [0.2, 0.25) is 0 Å². The first-order chi connectivity index (χ1) is 37.2. The highest BCUT2D eigenvalue weighted by atomic mass is 16.3. The number of hydrogen-bond acceptors (Lipinski definition) is 2. The van der Waals surface area contributed by atoms with E-state index in [0.29, 0.717) is 0 Å². The molecule has 1 aliphatic rings. The standard InChI is InChI=1S/C34H28.C21H18O.C19H14O/c1-23-14-16-25(17-15-23)27-18-19-32-30(20-27)31-22-28(24-10-6-4-7-11-24)21-29(33(31)34(32,2)3)26-12-8-5-9-13-26;1-2-6-15-11-13-16(14-12-15)17-8-5-9-19-18-7-3-4-10-20(18)22-21(17)19;1-13-6-4-7-14(12-13)15-9-5-10-17-16-8-2-3-11-18(16)20-19(15)17/h4-22H,1-3H3;3-5,7-14H,2,6H2,1H3;2-12H,1H3. The molecule has 2 heteroatoms. The summed E-state index contributed by atoms with van der Waals surface area (Å²) in [6.45, 7) is 11.2. The molecule has 0 saturated carbocycles. The number of hydrogen-bond donors (Lipinski definition) is 0. The fraction of sp³-hybridized carbons (Fsp3) is 0.108. The maximum Gasteiger partial charge on any atom is 0.143 e. The Morgan fingerprint density at radius 1 is 0.329 bits per heavy atom. The van der Waals surface area contributed by atoms with Gasteiger partial charge in [0.25, 0.3) is 0 Å². The van der Waals surface area contributed by atoms with Gasteiger partial charge in [0.1, 0.15) is 22.3 Å². The van der Waals surface area contributed by atoms with Crippen LogP contribution in [0.5, 0.6) is 0 Å². The van der Waals surface area contributed by atoms with Crippen LogP contribution in [0.2, 0.25) is 0 Å². The van der Waals surface area contributed by atoms with Crippen molar-refractivity contribution in [3.8, 4) is 66.8 Å². The lowest BCUT2D eigenvalue weighted by atomic mass is 9.78. The first-order valence-electron chi connectivity index (χ1n) is 26.7. The van der Waals surface area contributed by atoms with Crippen LogP contribution in [0, 0.1) is 13.8 Å². The molecule has 1 aliphatic carbocycles. The third-order valence-corrected chi connectivity index (χ3v) is 15.3. The zero-order valence-corrected chi connectivity index (χ0v) is 43.9. The largest absolute Gasteiger partial charge is 0.455 e. The first-order valence-corrected chi connectivity index (χ1v) is 26.7. The van der Waals surface area contributed by atoms with Crippen LogP contribution in [0.3, 0.4) is 0 Å². The molecule has 368 valence electrons. The molecule has 0 N–H and O–H groups in total. The van der Waals surface area contributed by atoms with E-state index < -0.39 is 0 Å². The zero-order chi connectivity index (χ0) is 51.8. The molecule has 0 spiro atoms. The van der Waals surface area contributed by atoms with E-state index in [0.717, 1.165) is 39.9 Å². The Bertz CT molecular complexity index is 4190. The molecule has 2 heterocycles. The van der Waals surface area contributed by atoms with Crippen LogP contribution in [0.15, 0.2) is 258 Å². The number of fused-ring (bicyclic) bond motifs is 9. The van der Waals surface area contributed by atoms with Crippen molar-refractivity contribution >= 4 is 43.9 Å². The molecule has 2 nitrogen and oxygen atoms in total. The molecule has 76 heavy (non-hydrogen) atoms. The summed E-state index contributed by atoms with van der Waals surface area (Å²) in [5, 5.41) is 4.73. The second kappa shape index (κ2) is 20.4. The van der Waals surface area contributed by atoms with E-state index in [1.807, 2.05) is 24.3 Å². The molecule has 2 aromatic heterocycles. The van der Waals surface area contributed by atoms with Crippen molar-refractivity contribution in [3.63, 3.8) is 0 Å². The molecule has 0 radical (unpaired) electrons. The predicted octanol–water partition coefficient (Wildman–Crippen LogP) is 21.1. The Hall–Kier alpha value is -8.98. The van der Waals surface area contributed by atoms with Gasteiger partial charge in [-0.3, -0.25) is 0 Å². The monoisotopic (exact) mass is 980 g/mol. The van der Waals surface area contributed by atoms with Gasteiger partial charge in [-0.15, -0.1) is 0 Å². The quantitative estimate of drug-likeness (QED) is 0.159. The molecule has 0 unspecified atom stereocenters. The first kappa shape index (κ1) is 48.0. The van der Waals surface area contributed by atoms with Crippen LogP contribution in [0.25, 0.3) is 111 Å². The summed E-state index contributed by atoms with van der Waals surface area (Å²) in [5.74, 6) is 0. The molecule has 0 amide bonds. The van der Waals surface area contributed by atoms with Crippen molar-refractivity contribution in [2.45, 2.75) is 52.9 Å². The Balaban J connectivity index is 0.000000121. The van der Waals surface area contributed by atoms with Gasteiger partial charge in [-0.2, -0.15) is 0 Å². The average Bonchev–Trinajstić information content (AvgIpc) is 4.25. The zero-order valence-electron chi connectivity index (χ0n) is 43.9. The Morgan fingerprint density at radius 2 is 0.803 bits per heavy atom. The fourth-order valence-corrected chi connectivity index (χ4v) is 11.4. The lowest BCUT2D eigenvalue weighted by Crippen LogP contribution is -2.16. The van der Waals surface area contributed by atoms with Crippen LogP contribution in [0.4, 0.5) is 0 Å². The topological polar surface area (TPSA) is 26.3 Å². The summed E-state index contributed by atoms with van der Waals surface area (Å²) >= 11 is 0. The molecule has 0 saturated heterocycles. The minimum absolute atomic E-state index is 0.0726. The van der Waals surface area contributed by atoms with Crippen LogP contribution in [-0.4, -0.2) is 0 Å². The van der Waals surface area contributed by atoms with Crippen molar-refractivity contribution in [2.75, 3.05) is 0 Å². The van der Waals surface area contributed by atoms with E-state index in [1.165, 1.54) is 111 Å². The van der Waals surface area contributed by atoms with E-state index in [4.69, 9.17) is 8.83 Å². The van der Waals surface area contributed by atoms with E-state index in [1.54, 1.807) is 0 Å². The molecule has 0 atom stereocenters. The van der Waals surface area contributed by atoms with Gasteiger partial charge in [-0.05, 0) is 123 Å². The highest BCUT2D eigenvalue weighted by Crippen LogP contribution is 2.54. The second-order valence-corrected chi connectivity index (χ2v) is 20.8. The third kappa shape index (κ3) is 9.11. The predicted molar refractivity (Wildman–Crippen MR) is 322 cm³/mol. The number of benzene rings is 11. The van der Waals surface area contributed by atoms with Crippen LogP contribution in [-0.2, 0) is 11.8 Å². The van der Waals surface area contributed by atoms with Crippen LogP contribution >= 0.6 is 0 Å². The molecular formula is C74H60O2.